The summed E-state index contributed by atoms with van der Waals surface area (Å²) in [5.74, 6) is -0.210. The first kappa shape index (κ1) is 16.5. The second-order valence-corrected chi connectivity index (χ2v) is 6.97. The van der Waals surface area contributed by atoms with Crippen molar-refractivity contribution in [1.29, 1.82) is 0 Å². The van der Waals surface area contributed by atoms with Gasteiger partial charge in [-0.15, -0.1) is 0 Å². The molecule has 2 aromatic carbocycles. The molecule has 0 unspecified atom stereocenters. The van der Waals surface area contributed by atoms with Gasteiger partial charge in [-0.05, 0) is 48.4 Å². The van der Waals surface area contributed by atoms with Gasteiger partial charge in [-0.25, -0.2) is 0 Å². The fourth-order valence-corrected chi connectivity index (χ4v) is 3.64. The number of benzene rings is 2. The third-order valence-corrected chi connectivity index (χ3v) is 5.20. The molecule has 1 amide bonds. The van der Waals surface area contributed by atoms with Gasteiger partial charge in [0.05, 0.1) is 10.2 Å². The second-order valence-electron chi connectivity index (χ2n) is 5.96. The van der Waals surface area contributed by atoms with E-state index in [0.717, 1.165) is 27.1 Å². The molecule has 124 valence electrons. The van der Waals surface area contributed by atoms with E-state index in [0.29, 0.717) is 5.56 Å². The Morgan fingerprint density at radius 1 is 1.17 bits per heavy atom. The number of hydrogen-bond donors (Lipinski definition) is 0. The number of carbonyl (C=O) groups is 1. The fourth-order valence-electron chi connectivity index (χ4n) is 2.56. The number of rotatable bonds is 3. The molecule has 24 heavy (non-hydrogen) atoms. The van der Waals surface area contributed by atoms with Gasteiger partial charge in [0, 0.05) is 32.4 Å². The van der Waals surface area contributed by atoms with Crippen LogP contribution in [0.15, 0.2) is 47.5 Å². The number of anilines is 1. The van der Waals surface area contributed by atoms with Crippen molar-refractivity contribution in [2.45, 2.75) is 13.3 Å². The third-order valence-electron chi connectivity index (χ3n) is 4.11. The Balaban J connectivity index is 1.99. The lowest BCUT2D eigenvalue weighted by Crippen LogP contribution is -2.13. The predicted molar refractivity (Wildman–Crippen MR) is 101 cm³/mol. The van der Waals surface area contributed by atoms with E-state index < -0.39 is 0 Å². The molecule has 4 nitrogen and oxygen atoms in total. The van der Waals surface area contributed by atoms with E-state index >= 15 is 0 Å². The second kappa shape index (κ2) is 6.61. The van der Waals surface area contributed by atoms with Crippen molar-refractivity contribution in [3.8, 4) is 0 Å². The minimum atomic E-state index is -0.210. The van der Waals surface area contributed by atoms with E-state index in [1.807, 2.05) is 54.9 Å². The van der Waals surface area contributed by atoms with Crippen LogP contribution in [0.25, 0.3) is 10.2 Å². The van der Waals surface area contributed by atoms with Gasteiger partial charge in [-0.1, -0.05) is 24.3 Å². The lowest BCUT2D eigenvalue weighted by molar-refractivity contribution is 0.0998. The highest BCUT2D eigenvalue weighted by atomic mass is 32.1. The van der Waals surface area contributed by atoms with Crippen molar-refractivity contribution in [3.05, 3.63) is 58.4 Å². The van der Waals surface area contributed by atoms with Crippen molar-refractivity contribution in [1.82, 2.24) is 4.57 Å². The van der Waals surface area contributed by atoms with E-state index in [4.69, 9.17) is 0 Å². The van der Waals surface area contributed by atoms with Gasteiger partial charge < -0.3 is 9.47 Å². The molecule has 0 N–H and O–H groups in total. The lowest BCUT2D eigenvalue weighted by Gasteiger charge is -2.11. The van der Waals surface area contributed by atoms with Crippen LogP contribution in [0, 0.1) is 0 Å². The zero-order valence-electron chi connectivity index (χ0n) is 14.4. The number of thiazole rings is 1. The largest absolute Gasteiger partial charge is 0.378 e. The molecule has 0 saturated heterocycles. The molecule has 1 aromatic heterocycles. The van der Waals surface area contributed by atoms with Crippen molar-refractivity contribution in [2.75, 3.05) is 19.0 Å². The number of aromatic nitrogens is 1. The third kappa shape index (κ3) is 3.12. The highest BCUT2D eigenvalue weighted by molar-refractivity contribution is 7.16. The molecule has 3 rings (SSSR count). The molecule has 1 heterocycles. The Labute approximate surface area is 145 Å². The Kier molecular flexibility index (Phi) is 4.53. The van der Waals surface area contributed by atoms with Crippen LogP contribution in [0.4, 0.5) is 5.69 Å². The molecule has 3 aromatic rings. The molecule has 0 atom stereocenters. The van der Waals surface area contributed by atoms with Gasteiger partial charge in [0.1, 0.15) is 0 Å². The number of nitrogens with zero attached hydrogens (tertiary/aromatic N) is 3. The van der Waals surface area contributed by atoms with Gasteiger partial charge >= 0.3 is 0 Å². The molecular formula is C19H21N3OS. The number of fused-ring (bicyclic) bond motifs is 1. The maximum atomic E-state index is 12.5. The van der Waals surface area contributed by atoms with Gasteiger partial charge in [-0.3, -0.25) is 4.79 Å². The first-order valence-corrected chi connectivity index (χ1v) is 8.76. The molecule has 0 aliphatic carbocycles. The summed E-state index contributed by atoms with van der Waals surface area (Å²) >= 11 is 1.55. The Morgan fingerprint density at radius 2 is 1.88 bits per heavy atom. The van der Waals surface area contributed by atoms with E-state index in [2.05, 4.69) is 30.1 Å². The first-order valence-electron chi connectivity index (χ1n) is 7.94. The number of hydrogen-bond acceptors (Lipinski definition) is 3. The fraction of sp³-hybridized carbons (Fsp3) is 0.263. The average Bonchev–Trinajstić information content (AvgIpc) is 2.90. The predicted octanol–water partition coefficient (Wildman–Crippen LogP) is 3.61. The number of carbonyl (C=O) groups excluding carboxylic acids is 1. The summed E-state index contributed by atoms with van der Waals surface area (Å²) in [6.45, 7) is 2.14. The molecule has 0 fully saturated rings. The summed E-state index contributed by atoms with van der Waals surface area (Å²) in [6, 6.07) is 13.9. The van der Waals surface area contributed by atoms with Crippen molar-refractivity contribution in [2.24, 2.45) is 12.0 Å². The number of aryl methyl sites for hydroxylation is 2. The Morgan fingerprint density at radius 3 is 2.50 bits per heavy atom. The minimum absolute atomic E-state index is 0.210. The number of amides is 1. The Bertz CT molecular complexity index is 949. The highest BCUT2D eigenvalue weighted by Gasteiger charge is 2.08. The normalized spacial score (nSPS) is 11.9. The van der Waals surface area contributed by atoms with Crippen LogP contribution in [0.1, 0.15) is 22.8 Å². The maximum absolute atomic E-state index is 12.5. The lowest BCUT2D eigenvalue weighted by atomic mass is 10.2. The summed E-state index contributed by atoms with van der Waals surface area (Å²) in [6.07, 6.45) is 1.00. The molecule has 0 spiro atoms. The van der Waals surface area contributed by atoms with Crippen molar-refractivity contribution >= 4 is 33.1 Å². The minimum Gasteiger partial charge on any atom is -0.378 e. The van der Waals surface area contributed by atoms with Gasteiger partial charge in [0.15, 0.2) is 4.80 Å². The monoisotopic (exact) mass is 339 g/mol. The average molecular weight is 339 g/mol. The Hall–Kier alpha value is -2.40. The molecule has 0 radical (unpaired) electrons. The topological polar surface area (TPSA) is 37.6 Å². The van der Waals surface area contributed by atoms with Crippen LogP contribution in [-0.2, 0) is 13.5 Å². The molecule has 0 aliphatic rings. The quantitative estimate of drug-likeness (QED) is 0.731. The van der Waals surface area contributed by atoms with E-state index in [-0.39, 0.29) is 5.91 Å². The van der Waals surface area contributed by atoms with Crippen LogP contribution in [-0.4, -0.2) is 24.6 Å². The summed E-state index contributed by atoms with van der Waals surface area (Å²) in [4.78, 5) is 19.5. The zero-order chi connectivity index (χ0) is 17.3. The van der Waals surface area contributed by atoms with E-state index in [1.165, 1.54) is 5.56 Å². The van der Waals surface area contributed by atoms with E-state index in [1.54, 1.807) is 11.3 Å². The zero-order valence-corrected chi connectivity index (χ0v) is 15.2. The van der Waals surface area contributed by atoms with Crippen molar-refractivity contribution < 1.29 is 4.79 Å². The summed E-state index contributed by atoms with van der Waals surface area (Å²) < 4.78 is 3.14. The summed E-state index contributed by atoms with van der Waals surface area (Å²) in [5.41, 5.74) is 4.06. The first-order chi connectivity index (χ1) is 11.5. The SMILES string of the molecule is CCc1ccc2c(c1)sc(=NC(=O)c1ccc(N(C)C)cc1)n2C. The van der Waals surface area contributed by atoms with Crippen LogP contribution in [0.2, 0.25) is 0 Å². The van der Waals surface area contributed by atoms with Crippen LogP contribution in [0.3, 0.4) is 0 Å². The van der Waals surface area contributed by atoms with Gasteiger partial charge in [-0.2, -0.15) is 4.99 Å². The van der Waals surface area contributed by atoms with E-state index in [9.17, 15) is 4.79 Å². The van der Waals surface area contributed by atoms with Crippen LogP contribution >= 0.6 is 11.3 Å². The highest BCUT2D eigenvalue weighted by Crippen LogP contribution is 2.19. The molecule has 5 heteroatoms. The molecule has 0 bridgehead atoms. The summed E-state index contributed by atoms with van der Waals surface area (Å²) in [5, 5.41) is 0. The molecular weight excluding hydrogens is 318 g/mol. The standard InChI is InChI=1S/C19H21N3OS/c1-5-13-6-11-16-17(12-13)24-19(22(16)4)20-18(23)14-7-9-15(10-8-14)21(2)3/h6-12H,5H2,1-4H3. The summed E-state index contributed by atoms with van der Waals surface area (Å²) in [7, 11) is 5.90. The van der Waals surface area contributed by atoms with Crippen molar-refractivity contribution in [3.63, 3.8) is 0 Å². The smallest absolute Gasteiger partial charge is 0.279 e. The van der Waals surface area contributed by atoms with Crippen LogP contribution < -0.4 is 9.70 Å². The van der Waals surface area contributed by atoms with Gasteiger partial charge in [0.25, 0.3) is 5.91 Å². The molecule has 0 aliphatic heterocycles. The van der Waals surface area contributed by atoms with Crippen LogP contribution in [0.5, 0.6) is 0 Å². The maximum Gasteiger partial charge on any atom is 0.279 e. The molecule has 0 saturated carbocycles. The van der Waals surface area contributed by atoms with Gasteiger partial charge in [0.2, 0.25) is 0 Å².